The molecule has 0 saturated heterocycles. The van der Waals surface area contributed by atoms with Crippen LogP contribution < -0.4 is 9.64 Å². The number of nitrogens with zero attached hydrogens (tertiary/aromatic N) is 1. The summed E-state index contributed by atoms with van der Waals surface area (Å²) in [4.78, 5) is 24.6. The number of hydrogen-bond donors (Lipinski definition) is 1. The first-order valence-corrected chi connectivity index (χ1v) is 7.45. The Bertz CT molecular complexity index is 607. The van der Waals surface area contributed by atoms with E-state index in [0.717, 1.165) is 29.9 Å². The average Bonchev–Trinajstić information content (AvgIpc) is 2.50. The van der Waals surface area contributed by atoms with Crippen LogP contribution in [0.4, 0.5) is 5.69 Å². The van der Waals surface area contributed by atoms with Crippen molar-refractivity contribution >= 4 is 17.6 Å². The molecule has 5 heteroatoms. The third-order valence-corrected chi connectivity index (χ3v) is 3.76. The molecule has 1 aromatic rings. The molecule has 0 radical (unpaired) electrons. The van der Waals surface area contributed by atoms with Crippen LogP contribution in [0.2, 0.25) is 0 Å². The third-order valence-electron chi connectivity index (χ3n) is 3.76. The van der Waals surface area contributed by atoms with Crippen LogP contribution in [0, 0.1) is 5.92 Å². The largest absolute Gasteiger partial charge is 0.486 e. The molecule has 0 saturated carbocycles. The topological polar surface area (TPSA) is 66.8 Å². The maximum atomic E-state index is 12.4. The standard InChI is InChI=1S/C17H21NO4/c1-4-12-6-5-7-13-17(12)22-14(11(2)3)10-18(13)15(19)8-9-16(20)21/h5-9,11,14H,4,10H2,1-3H3,(H,20,21). The minimum atomic E-state index is -1.13. The molecule has 0 bridgehead atoms. The summed E-state index contributed by atoms with van der Waals surface area (Å²) in [5.41, 5.74) is 1.75. The van der Waals surface area contributed by atoms with Crippen LogP contribution in [-0.2, 0) is 16.0 Å². The van der Waals surface area contributed by atoms with Gasteiger partial charge in [0.1, 0.15) is 11.9 Å². The number of fused-ring (bicyclic) bond motifs is 1. The van der Waals surface area contributed by atoms with E-state index < -0.39 is 5.97 Å². The second-order valence-corrected chi connectivity index (χ2v) is 5.64. The molecule has 1 atom stereocenters. The highest BCUT2D eigenvalue weighted by molar-refractivity contribution is 6.05. The van der Waals surface area contributed by atoms with E-state index >= 15 is 0 Å². The van der Waals surface area contributed by atoms with Crippen molar-refractivity contribution in [3.05, 3.63) is 35.9 Å². The van der Waals surface area contributed by atoms with Crippen molar-refractivity contribution in [2.45, 2.75) is 33.3 Å². The van der Waals surface area contributed by atoms with Gasteiger partial charge in [-0.1, -0.05) is 32.9 Å². The number of carboxylic acid groups (broad SMARTS) is 1. The molecule has 1 N–H and O–H groups in total. The van der Waals surface area contributed by atoms with Gasteiger partial charge >= 0.3 is 5.97 Å². The van der Waals surface area contributed by atoms with E-state index in [1.54, 1.807) is 4.90 Å². The SMILES string of the molecule is CCc1cccc2c1OC(C(C)C)CN2C(=O)C=CC(=O)O. The highest BCUT2D eigenvalue weighted by atomic mass is 16.5. The van der Waals surface area contributed by atoms with Crippen LogP contribution in [0.1, 0.15) is 26.3 Å². The molecule has 0 fully saturated rings. The van der Waals surface area contributed by atoms with Gasteiger partial charge in [-0.15, -0.1) is 0 Å². The first kappa shape index (κ1) is 16.1. The van der Waals surface area contributed by atoms with Crippen molar-refractivity contribution in [2.24, 2.45) is 5.92 Å². The van der Waals surface area contributed by atoms with Gasteiger partial charge < -0.3 is 14.7 Å². The Morgan fingerprint density at radius 1 is 1.41 bits per heavy atom. The van der Waals surface area contributed by atoms with Gasteiger partial charge in [-0.2, -0.15) is 0 Å². The van der Waals surface area contributed by atoms with Gasteiger partial charge in [-0.3, -0.25) is 4.79 Å². The summed E-state index contributed by atoms with van der Waals surface area (Å²) >= 11 is 0. The lowest BCUT2D eigenvalue weighted by atomic mass is 10.0. The zero-order valence-corrected chi connectivity index (χ0v) is 13.1. The number of carbonyl (C=O) groups is 2. The first-order valence-electron chi connectivity index (χ1n) is 7.45. The predicted molar refractivity (Wildman–Crippen MR) is 84.2 cm³/mol. The fraction of sp³-hybridized carbons (Fsp3) is 0.412. The van der Waals surface area contributed by atoms with Crippen molar-refractivity contribution in [3.8, 4) is 5.75 Å². The number of para-hydroxylation sites is 1. The number of carboxylic acids is 1. The second-order valence-electron chi connectivity index (χ2n) is 5.64. The van der Waals surface area contributed by atoms with Crippen LogP contribution in [0.3, 0.4) is 0 Å². The van der Waals surface area contributed by atoms with Gasteiger partial charge in [-0.05, 0) is 24.0 Å². The number of aliphatic carboxylic acids is 1. The maximum Gasteiger partial charge on any atom is 0.328 e. The molecule has 22 heavy (non-hydrogen) atoms. The van der Waals surface area contributed by atoms with Gasteiger partial charge in [0, 0.05) is 12.2 Å². The summed E-state index contributed by atoms with van der Waals surface area (Å²) in [5.74, 6) is -0.501. The van der Waals surface area contributed by atoms with E-state index in [1.165, 1.54) is 0 Å². The monoisotopic (exact) mass is 303 g/mol. The molecule has 0 aromatic heterocycles. The Morgan fingerprint density at radius 3 is 2.73 bits per heavy atom. The fourth-order valence-electron chi connectivity index (χ4n) is 2.45. The van der Waals surface area contributed by atoms with E-state index in [-0.39, 0.29) is 17.9 Å². The lowest BCUT2D eigenvalue weighted by Crippen LogP contribution is -2.45. The summed E-state index contributed by atoms with van der Waals surface area (Å²) in [7, 11) is 0. The van der Waals surface area contributed by atoms with Crippen LogP contribution >= 0.6 is 0 Å². The van der Waals surface area contributed by atoms with E-state index in [0.29, 0.717) is 12.2 Å². The maximum absolute atomic E-state index is 12.4. The molecular weight excluding hydrogens is 282 g/mol. The zero-order valence-electron chi connectivity index (χ0n) is 13.1. The highest BCUT2D eigenvalue weighted by Crippen LogP contribution is 2.38. The van der Waals surface area contributed by atoms with Gasteiger partial charge in [0.25, 0.3) is 5.91 Å². The lowest BCUT2D eigenvalue weighted by Gasteiger charge is -2.37. The zero-order chi connectivity index (χ0) is 16.3. The van der Waals surface area contributed by atoms with Gasteiger partial charge in [0.15, 0.2) is 0 Å². The Kier molecular flexibility index (Phi) is 4.85. The molecule has 1 aromatic carbocycles. The smallest absolute Gasteiger partial charge is 0.328 e. The quantitative estimate of drug-likeness (QED) is 0.868. The van der Waals surface area contributed by atoms with Crippen molar-refractivity contribution in [3.63, 3.8) is 0 Å². The van der Waals surface area contributed by atoms with E-state index in [9.17, 15) is 9.59 Å². The van der Waals surface area contributed by atoms with Gasteiger partial charge in [0.2, 0.25) is 0 Å². The van der Waals surface area contributed by atoms with Crippen molar-refractivity contribution in [1.82, 2.24) is 0 Å². The molecular formula is C17H21NO4. The molecule has 1 unspecified atom stereocenters. The molecule has 2 rings (SSSR count). The van der Waals surface area contributed by atoms with Crippen molar-refractivity contribution < 1.29 is 19.4 Å². The summed E-state index contributed by atoms with van der Waals surface area (Å²) < 4.78 is 6.09. The highest BCUT2D eigenvalue weighted by Gasteiger charge is 2.31. The lowest BCUT2D eigenvalue weighted by molar-refractivity contribution is -0.131. The number of anilines is 1. The molecule has 1 aliphatic heterocycles. The molecule has 1 aliphatic rings. The van der Waals surface area contributed by atoms with E-state index in [1.807, 2.05) is 39.0 Å². The second kappa shape index (κ2) is 6.64. The summed E-state index contributed by atoms with van der Waals surface area (Å²) in [6.07, 6.45) is 2.65. The number of benzene rings is 1. The minimum Gasteiger partial charge on any atom is -0.486 e. The number of rotatable bonds is 4. The van der Waals surface area contributed by atoms with E-state index in [2.05, 4.69) is 0 Å². The van der Waals surface area contributed by atoms with Crippen molar-refractivity contribution in [1.29, 1.82) is 0 Å². The Balaban J connectivity index is 2.42. The molecule has 0 spiro atoms. The van der Waals surface area contributed by atoms with Crippen LogP contribution in [0.5, 0.6) is 5.75 Å². The molecule has 0 aliphatic carbocycles. The Labute approximate surface area is 130 Å². The predicted octanol–water partition coefficient (Wildman–Crippen LogP) is 2.64. The van der Waals surface area contributed by atoms with Crippen molar-refractivity contribution in [2.75, 3.05) is 11.4 Å². The Morgan fingerprint density at radius 2 is 2.14 bits per heavy atom. The van der Waals surface area contributed by atoms with Gasteiger partial charge in [-0.25, -0.2) is 4.79 Å². The number of hydrogen-bond acceptors (Lipinski definition) is 3. The molecule has 118 valence electrons. The summed E-state index contributed by atoms with van der Waals surface area (Å²) in [6, 6.07) is 5.70. The Hall–Kier alpha value is -2.30. The number of aryl methyl sites for hydroxylation is 1. The van der Waals surface area contributed by atoms with Crippen LogP contribution in [0.25, 0.3) is 0 Å². The normalized spacial score (nSPS) is 17.5. The summed E-state index contributed by atoms with van der Waals surface area (Å²) in [6.45, 7) is 6.54. The molecule has 1 amide bonds. The third kappa shape index (κ3) is 3.30. The summed E-state index contributed by atoms with van der Waals surface area (Å²) in [5, 5.41) is 8.70. The average molecular weight is 303 g/mol. The van der Waals surface area contributed by atoms with Crippen LogP contribution in [0.15, 0.2) is 30.4 Å². The number of ether oxygens (including phenoxy) is 1. The number of amides is 1. The van der Waals surface area contributed by atoms with Crippen LogP contribution in [-0.4, -0.2) is 29.6 Å². The molecule has 5 nitrogen and oxygen atoms in total. The fourth-order valence-corrected chi connectivity index (χ4v) is 2.45. The molecule has 1 heterocycles. The number of carbonyl (C=O) groups excluding carboxylic acids is 1. The minimum absolute atomic E-state index is 0.109. The van der Waals surface area contributed by atoms with E-state index in [4.69, 9.17) is 9.84 Å². The van der Waals surface area contributed by atoms with Gasteiger partial charge in [0.05, 0.1) is 12.2 Å². The first-order chi connectivity index (χ1) is 10.4.